The van der Waals surface area contributed by atoms with E-state index in [0.29, 0.717) is 58.9 Å². The number of rotatable bonds is 75. The van der Waals surface area contributed by atoms with Crippen molar-refractivity contribution in [1.82, 2.24) is 103 Å². The first-order chi connectivity index (χ1) is 41.9. The molecule has 0 aliphatic rings. The van der Waals surface area contributed by atoms with Gasteiger partial charge in [-0.2, -0.15) is 0 Å². The zero-order chi connectivity index (χ0) is 61.8. The van der Waals surface area contributed by atoms with Crippen molar-refractivity contribution in [3.05, 3.63) is 0 Å². The van der Waals surface area contributed by atoms with Crippen LogP contribution >= 0.6 is 0 Å². The molecule has 0 atom stereocenters. The summed E-state index contributed by atoms with van der Waals surface area (Å²) in [6.45, 7) is 50.3. The second kappa shape index (κ2) is 70.3. The number of nitrogens with two attached hydrogens (primary N) is 9. The molecule has 0 aromatic heterocycles. The van der Waals surface area contributed by atoms with Crippen LogP contribution in [0.2, 0.25) is 0 Å². The lowest BCUT2D eigenvalue weighted by Gasteiger charge is -2.29. The smallest absolute Gasteiger partial charge is 0.0110 e. The average Bonchev–Trinajstić information content (AvgIpc) is 3.51. The van der Waals surface area contributed by atoms with Crippen LogP contribution in [-0.2, 0) is 0 Å². The van der Waals surface area contributed by atoms with E-state index in [4.69, 9.17) is 51.6 Å². The lowest BCUT2D eigenvalue weighted by Crippen LogP contribution is -2.46. The van der Waals surface area contributed by atoms with Crippen LogP contribution in [0.3, 0.4) is 0 Å². The molecular formula is C56H143N29. The van der Waals surface area contributed by atoms with Crippen LogP contribution in [0.4, 0.5) is 0 Å². The number of hydrogen-bond acceptors (Lipinski definition) is 29. The Balaban J connectivity index is 5.01. The number of nitrogens with one attached hydrogen (secondary N) is 13. The Bertz CT molecular complexity index is 1230. The van der Waals surface area contributed by atoms with Gasteiger partial charge in [-0.05, 0) is 0 Å². The van der Waals surface area contributed by atoms with E-state index in [0.717, 1.165) is 308 Å². The molecule has 0 aromatic rings. The van der Waals surface area contributed by atoms with E-state index < -0.39 is 0 Å². The number of nitrogens with zero attached hydrogens (tertiary/aromatic N) is 7. The van der Waals surface area contributed by atoms with Gasteiger partial charge in [0.05, 0.1) is 0 Å². The van der Waals surface area contributed by atoms with Crippen LogP contribution in [0, 0.1) is 0 Å². The molecule has 0 radical (unpaired) electrons. The Morgan fingerprint density at radius 2 is 0.235 bits per heavy atom. The van der Waals surface area contributed by atoms with Crippen molar-refractivity contribution in [3.8, 4) is 0 Å². The van der Waals surface area contributed by atoms with Crippen LogP contribution < -0.4 is 121 Å². The van der Waals surface area contributed by atoms with E-state index in [1.54, 1.807) is 0 Å². The monoisotopic (exact) mass is 1220 g/mol. The molecular weight excluding hydrogens is 1080 g/mol. The van der Waals surface area contributed by atoms with E-state index in [9.17, 15) is 0 Å². The van der Waals surface area contributed by atoms with Crippen LogP contribution in [-0.4, -0.2) is 401 Å². The Morgan fingerprint density at radius 3 is 0.400 bits per heavy atom. The van der Waals surface area contributed by atoms with Crippen molar-refractivity contribution in [2.75, 3.05) is 367 Å². The van der Waals surface area contributed by atoms with Gasteiger partial charge in [0, 0.05) is 367 Å². The zero-order valence-corrected chi connectivity index (χ0v) is 54.4. The maximum atomic E-state index is 6.07. The normalized spacial score (nSPS) is 12.3. The van der Waals surface area contributed by atoms with Crippen LogP contribution in [0.1, 0.15) is 0 Å². The zero-order valence-electron chi connectivity index (χ0n) is 54.4. The summed E-state index contributed by atoms with van der Waals surface area (Å²) in [6, 6.07) is 0. The predicted octanol–water partition coefficient (Wildman–Crippen LogP) is -11.6. The van der Waals surface area contributed by atoms with E-state index in [1.165, 1.54) is 0 Å². The Kier molecular flexibility index (Phi) is 69.3. The van der Waals surface area contributed by atoms with Crippen LogP contribution in [0.15, 0.2) is 0 Å². The molecule has 85 heavy (non-hydrogen) atoms. The van der Waals surface area contributed by atoms with Gasteiger partial charge in [-0.15, -0.1) is 0 Å². The molecule has 0 aliphatic heterocycles. The van der Waals surface area contributed by atoms with E-state index in [1.807, 2.05) is 0 Å². The van der Waals surface area contributed by atoms with Gasteiger partial charge in [0.2, 0.25) is 0 Å². The van der Waals surface area contributed by atoms with Gasteiger partial charge in [0.15, 0.2) is 0 Å². The minimum Gasteiger partial charge on any atom is -0.329 e. The molecule has 0 spiro atoms. The van der Waals surface area contributed by atoms with Gasteiger partial charge in [-0.1, -0.05) is 0 Å². The van der Waals surface area contributed by atoms with Gasteiger partial charge in [0.1, 0.15) is 0 Å². The third-order valence-corrected chi connectivity index (χ3v) is 14.6. The molecule has 0 aromatic carbocycles. The third kappa shape index (κ3) is 60.2. The fourth-order valence-electron chi connectivity index (χ4n) is 9.60. The van der Waals surface area contributed by atoms with Crippen molar-refractivity contribution in [3.63, 3.8) is 0 Å². The largest absolute Gasteiger partial charge is 0.329 e. The quantitative estimate of drug-likeness (QED) is 0.0251. The summed E-state index contributed by atoms with van der Waals surface area (Å²) < 4.78 is 0. The van der Waals surface area contributed by atoms with E-state index in [2.05, 4.69) is 103 Å². The molecule has 0 bridgehead atoms. The van der Waals surface area contributed by atoms with Crippen molar-refractivity contribution in [2.45, 2.75) is 0 Å². The van der Waals surface area contributed by atoms with Crippen molar-refractivity contribution in [2.24, 2.45) is 51.6 Å². The fraction of sp³-hybridized carbons (Fsp3) is 1.00. The van der Waals surface area contributed by atoms with Gasteiger partial charge in [0.25, 0.3) is 0 Å². The first-order valence-electron chi connectivity index (χ1n) is 33.5. The van der Waals surface area contributed by atoms with Gasteiger partial charge in [-0.25, -0.2) is 0 Å². The molecule has 0 heterocycles. The molecule has 0 unspecified atom stereocenters. The fourth-order valence-corrected chi connectivity index (χ4v) is 9.60. The highest BCUT2D eigenvalue weighted by atomic mass is 15.2. The molecule has 29 heteroatoms. The molecule has 0 rings (SSSR count). The highest BCUT2D eigenvalue weighted by molar-refractivity contribution is 4.73. The maximum Gasteiger partial charge on any atom is 0.0110 e. The molecule has 0 saturated heterocycles. The van der Waals surface area contributed by atoms with Gasteiger partial charge in [-0.3, -0.25) is 34.3 Å². The van der Waals surface area contributed by atoms with Gasteiger partial charge >= 0.3 is 0 Å². The van der Waals surface area contributed by atoms with Crippen molar-refractivity contribution >= 4 is 0 Å². The molecule has 0 fully saturated rings. The van der Waals surface area contributed by atoms with Crippen LogP contribution in [0.25, 0.3) is 0 Å². The maximum absolute atomic E-state index is 6.07. The highest BCUT2D eigenvalue weighted by Gasteiger charge is 2.13. The lowest BCUT2D eigenvalue weighted by molar-refractivity contribution is 0.201. The molecule has 29 nitrogen and oxygen atoms in total. The minimum absolute atomic E-state index is 0.645. The Labute approximate surface area is 519 Å². The SMILES string of the molecule is NCCNCCN(CCN)CCNCCN(CCN)CCNCCN(CCNCCNCCNCCNCCN(CCN)CCNCCNCCN(CCN)CCN)CCN(CCNCCN)CCNCCN(CCNCCN)CCNCCN. The summed E-state index contributed by atoms with van der Waals surface area (Å²) in [7, 11) is 0. The molecule has 0 amide bonds. The molecule has 0 aliphatic carbocycles. The average molecular weight is 1220 g/mol. The summed E-state index contributed by atoms with van der Waals surface area (Å²) in [4.78, 5) is 17.4. The summed E-state index contributed by atoms with van der Waals surface area (Å²) in [5.74, 6) is 0. The molecule has 31 N–H and O–H groups in total. The van der Waals surface area contributed by atoms with Gasteiger partial charge < -0.3 is 121 Å². The second-order valence-corrected chi connectivity index (χ2v) is 21.7. The Hall–Kier alpha value is -1.16. The summed E-state index contributed by atoms with van der Waals surface area (Å²) in [6.07, 6.45) is 0. The van der Waals surface area contributed by atoms with Crippen molar-refractivity contribution in [1.29, 1.82) is 0 Å². The van der Waals surface area contributed by atoms with Crippen LogP contribution in [0.5, 0.6) is 0 Å². The lowest BCUT2D eigenvalue weighted by atomic mass is 10.3. The van der Waals surface area contributed by atoms with E-state index >= 15 is 0 Å². The first kappa shape index (κ1) is 83.8. The molecule has 512 valence electrons. The standard InChI is InChI=1S/C56H143N29/c57-1-10-66-22-42-80(38-7-63)45-30-76-31-46-82(40-9-65)47-32-77-34-54-85(56-55-84(51-25-69-13-4-60)53-35-78-33-50-83(48-23-67-11-2-58)49-24-68-12-3-59)52-29-73-19-17-71-15-14-70-16-18-72-27-43-81(39-8-64)44-28-75-21-20-74-26-41-79(36-5-61)37-6-62/h66-78H,1-65H2. The highest BCUT2D eigenvalue weighted by Crippen LogP contribution is 1.95. The minimum atomic E-state index is 0.645. The second-order valence-electron chi connectivity index (χ2n) is 21.7. The topological polar surface area (TPSA) is 413 Å². The van der Waals surface area contributed by atoms with Crippen molar-refractivity contribution < 1.29 is 0 Å². The first-order valence-corrected chi connectivity index (χ1v) is 33.5. The third-order valence-electron chi connectivity index (χ3n) is 14.6. The summed E-state index contributed by atoms with van der Waals surface area (Å²) >= 11 is 0. The number of hydrogen-bond donors (Lipinski definition) is 22. The predicted molar refractivity (Wildman–Crippen MR) is 364 cm³/mol. The molecule has 0 saturated carbocycles. The Morgan fingerprint density at radius 1 is 0.118 bits per heavy atom. The van der Waals surface area contributed by atoms with E-state index in [-0.39, 0.29) is 0 Å². The summed E-state index contributed by atoms with van der Waals surface area (Å²) in [5, 5.41) is 46.6. The summed E-state index contributed by atoms with van der Waals surface area (Å²) in [5.41, 5.74) is 52.3.